The summed E-state index contributed by atoms with van der Waals surface area (Å²) in [4.78, 5) is 0. The van der Waals surface area contributed by atoms with Crippen molar-refractivity contribution in [3.05, 3.63) is 34.9 Å². The first-order chi connectivity index (χ1) is 8.61. The van der Waals surface area contributed by atoms with Crippen molar-refractivity contribution in [2.75, 3.05) is 5.75 Å². The van der Waals surface area contributed by atoms with Gasteiger partial charge in [-0.3, -0.25) is 5.32 Å². The molecule has 1 unspecified atom stereocenters. The fraction of sp³-hybridized carbons (Fsp3) is 0.500. The van der Waals surface area contributed by atoms with E-state index in [-0.39, 0.29) is 6.04 Å². The average molecular weight is 283 g/mol. The molecule has 0 heterocycles. The predicted octanol–water partition coefficient (Wildman–Crippen LogP) is 3.85. The molecule has 18 heavy (non-hydrogen) atoms. The molecule has 98 valence electrons. The van der Waals surface area contributed by atoms with E-state index < -0.39 is 0 Å². The topological polar surface area (TPSA) is 35.8 Å². The molecule has 1 atom stereocenters. The van der Waals surface area contributed by atoms with E-state index in [4.69, 9.17) is 16.9 Å². The van der Waals surface area contributed by atoms with Crippen molar-refractivity contribution in [3.63, 3.8) is 0 Å². The highest BCUT2D eigenvalue weighted by molar-refractivity contribution is 7.98. The van der Waals surface area contributed by atoms with E-state index in [1.807, 2.05) is 36.0 Å². The summed E-state index contributed by atoms with van der Waals surface area (Å²) in [7, 11) is 0. The summed E-state index contributed by atoms with van der Waals surface area (Å²) in [5, 5.41) is 13.0. The maximum atomic E-state index is 8.99. The first-order valence-electron chi connectivity index (χ1n) is 6.09. The van der Waals surface area contributed by atoms with Crippen LogP contribution >= 0.6 is 23.4 Å². The molecule has 1 rings (SSSR count). The summed E-state index contributed by atoms with van der Waals surface area (Å²) in [5.74, 6) is 1.96. The van der Waals surface area contributed by atoms with Gasteiger partial charge in [0.1, 0.15) is 0 Å². The number of rotatable bonds is 7. The fourth-order valence-corrected chi connectivity index (χ4v) is 2.66. The Kier molecular flexibility index (Phi) is 7.19. The quantitative estimate of drug-likeness (QED) is 0.772. The summed E-state index contributed by atoms with van der Waals surface area (Å²) in [5.41, 5.74) is 1.27. The van der Waals surface area contributed by atoms with Crippen LogP contribution in [0.1, 0.15) is 25.8 Å². The number of hydrogen-bond acceptors (Lipinski definition) is 3. The molecule has 0 saturated carbocycles. The minimum Gasteiger partial charge on any atom is -0.300 e. The molecule has 1 aromatic rings. The molecule has 0 saturated heterocycles. The zero-order valence-corrected chi connectivity index (χ0v) is 12.4. The van der Waals surface area contributed by atoms with Crippen LogP contribution < -0.4 is 5.32 Å². The number of nitriles is 1. The van der Waals surface area contributed by atoms with Gasteiger partial charge >= 0.3 is 0 Å². The Balaban J connectivity index is 2.22. The van der Waals surface area contributed by atoms with Crippen LogP contribution in [0.15, 0.2) is 24.3 Å². The summed E-state index contributed by atoms with van der Waals surface area (Å²) in [6, 6.07) is 10.5. The van der Waals surface area contributed by atoms with Crippen LogP contribution in [0.4, 0.5) is 0 Å². The molecule has 1 N–H and O–H groups in total. The van der Waals surface area contributed by atoms with Crippen LogP contribution in [0.25, 0.3) is 0 Å². The second-order valence-electron chi connectivity index (χ2n) is 4.47. The van der Waals surface area contributed by atoms with Gasteiger partial charge in [-0.2, -0.15) is 17.0 Å². The van der Waals surface area contributed by atoms with Crippen LogP contribution in [0.2, 0.25) is 5.02 Å². The maximum absolute atomic E-state index is 8.99. The fourth-order valence-electron chi connectivity index (χ4n) is 1.56. The molecule has 4 heteroatoms. The third-order valence-corrected chi connectivity index (χ3v) is 3.74. The van der Waals surface area contributed by atoms with Crippen molar-refractivity contribution < 1.29 is 0 Å². The Hall–Kier alpha value is -0.690. The lowest BCUT2D eigenvalue weighted by Gasteiger charge is -2.13. The summed E-state index contributed by atoms with van der Waals surface area (Å²) in [6.07, 6.45) is 0.882. The standard InChI is InChI=1S/C14H19ClN2S/c1-11(2)17-14(9-16)7-8-18-10-12-3-5-13(15)6-4-12/h3-6,11,14,17H,7-8,10H2,1-2H3. The lowest BCUT2D eigenvalue weighted by Crippen LogP contribution is -2.33. The van der Waals surface area contributed by atoms with E-state index >= 15 is 0 Å². The molecule has 2 nitrogen and oxygen atoms in total. The second-order valence-corrected chi connectivity index (χ2v) is 6.01. The molecule has 0 aromatic heterocycles. The van der Waals surface area contributed by atoms with E-state index in [9.17, 15) is 0 Å². The van der Waals surface area contributed by atoms with Crippen LogP contribution in [-0.4, -0.2) is 17.8 Å². The monoisotopic (exact) mass is 282 g/mol. The van der Waals surface area contributed by atoms with Crippen LogP contribution in [0, 0.1) is 11.3 Å². The van der Waals surface area contributed by atoms with Crippen molar-refractivity contribution in [2.24, 2.45) is 0 Å². The molecule has 0 fully saturated rings. The van der Waals surface area contributed by atoms with Crippen molar-refractivity contribution in [1.29, 1.82) is 5.26 Å². The Labute approximate surface area is 119 Å². The van der Waals surface area contributed by atoms with Gasteiger partial charge in [-0.25, -0.2) is 0 Å². The van der Waals surface area contributed by atoms with E-state index in [0.29, 0.717) is 6.04 Å². The van der Waals surface area contributed by atoms with E-state index in [0.717, 1.165) is 22.9 Å². The number of nitrogens with one attached hydrogen (secondary N) is 1. The van der Waals surface area contributed by atoms with Gasteiger partial charge in [0.15, 0.2) is 0 Å². The van der Waals surface area contributed by atoms with Crippen molar-refractivity contribution in [1.82, 2.24) is 5.32 Å². The lowest BCUT2D eigenvalue weighted by molar-refractivity contribution is 0.522. The van der Waals surface area contributed by atoms with E-state index in [1.54, 1.807) is 0 Å². The Morgan fingerprint density at radius 3 is 2.56 bits per heavy atom. The molecule has 0 aliphatic rings. The Bertz CT molecular complexity index is 384. The minimum absolute atomic E-state index is 0.0392. The highest BCUT2D eigenvalue weighted by Gasteiger charge is 2.07. The first kappa shape index (κ1) is 15.4. The maximum Gasteiger partial charge on any atom is 0.0962 e. The smallest absolute Gasteiger partial charge is 0.0962 e. The largest absolute Gasteiger partial charge is 0.300 e. The Morgan fingerprint density at radius 2 is 2.00 bits per heavy atom. The van der Waals surface area contributed by atoms with Gasteiger partial charge in [-0.05, 0) is 43.7 Å². The molecular weight excluding hydrogens is 264 g/mol. The number of nitrogens with zero attached hydrogens (tertiary/aromatic N) is 1. The first-order valence-corrected chi connectivity index (χ1v) is 7.63. The molecule has 0 bridgehead atoms. The number of halogens is 1. The molecule has 0 amide bonds. The number of hydrogen-bond donors (Lipinski definition) is 1. The molecule has 0 spiro atoms. The van der Waals surface area contributed by atoms with Crippen LogP contribution in [-0.2, 0) is 5.75 Å². The highest BCUT2D eigenvalue weighted by Crippen LogP contribution is 2.16. The van der Waals surface area contributed by atoms with Gasteiger partial charge in [0, 0.05) is 16.8 Å². The Morgan fingerprint density at radius 1 is 1.33 bits per heavy atom. The summed E-state index contributed by atoms with van der Waals surface area (Å²) < 4.78 is 0. The third-order valence-electron chi connectivity index (χ3n) is 2.42. The third kappa shape index (κ3) is 6.30. The zero-order chi connectivity index (χ0) is 13.4. The normalized spacial score (nSPS) is 12.4. The number of benzene rings is 1. The second kappa shape index (κ2) is 8.42. The molecule has 1 aromatic carbocycles. The van der Waals surface area contributed by atoms with Crippen LogP contribution in [0.3, 0.4) is 0 Å². The zero-order valence-electron chi connectivity index (χ0n) is 10.8. The molecule has 0 radical (unpaired) electrons. The van der Waals surface area contributed by atoms with Gasteiger partial charge in [0.2, 0.25) is 0 Å². The average Bonchev–Trinajstić information content (AvgIpc) is 2.34. The summed E-state index contributed by atoms with van der Waals surface area (Å²) in [6.45, 7) is 4.12. The van der Waals surface area contributed by atoms with E-state index in [2.05, 4.69) is 25.2 Å². The summed E-state index contributed by atoms with van der Waals surface area (Å²) >= 11 is 7.68. The van der Waals surface area contributed by atoms with Crippen LogP contribution in [0.5, 0.6) is 0 Å². The molecule has 0 aliphatic heterocycles. The number of thioether (sulfide) groups is 1. The predicted molar refractivity (Wildman–Crippen MR) is 79.9 cm³/mol. The SMILES string of the molecule is CC(C)NC(C#N)CCSCc1ccc(Cl)cc1. The highest BCUT2D eigenvalue weighted by atomic mass is 35.5. The lowest BCUT2D eigenvalue weighted by atomic mass is 10.2. The van der Waals surface area contributed by atoms with Crippen molar-refractivity contribution in [2.45, 2.75) is 38.1 Å². The van der Waals surface area contributed by atoms with Gasteiger partial charge in [-0.1, -0.05) is 23.7 Å². The van der Waals surface area contributed by atoms with Gasteiger partial charge < -0.3 is 0 Å². The van der Waals surface area contributed by atoms with Gasteiger partial charge in [0.05, 0.1) is 12.1 Å². The molecular formula is C14H19ClN2S. The van der Waals surface area contributed by atoms with Gasteiger partial charge in [-0.15, -0.1) is 0 Å². The van der Waals surface area contributed by atoms with Crippen molar-refractivity contribution >= 4 is 23.4 Å². The molecule has 0 aliphatic carbocycles. The minimum atomic E-state index is -0.0392. The van der Waals surface area contributed by atoms with Crippen molar-refractivity contribution in [3.8, 4) is 6.07 Å². The van der Waals surface area contributed by atoms with Gasteiger partial charge in [0.25, 0.3) is 0 Å². The van der Waals surface area contributed by atoms with E-state index in [1.165, 1.54) is 5.56 Å².